The van der Waals surface area contributed by atoms with Gasteiger partial charge in [0.15, 0.2) is 0 Å². The number of amides is 2. The molecular weight excluding hydrogens is 427 g/mol. The van der Waals surface area contributed by atoms with E-state index >= 15 is 0 Å². The summed E-state index contributed by atoms with van der Waals surface area (Å²) in [6.07, 6.45) is -0.759. The Morgan fingerprint density at radius 3 is 2.21 bits per heavy atom. The fourth-order valence-corrected chi connectivity index (χ4v) is 3.90. The maximum absolute atomic E-state index is 13.5. The Bertz CT molecular complexity index is 1200. The van der Waals surface area contributed by atoms with Crippen LogP contribution in [0.3, 0.4) is 0 Å². The van der Waals surface area contributed by atoms with Crippen molar-refractivity contribution in [1.29, 1.82) is 0 Å². The van der Waals surface area contributed by atoms with Crippen LogP contribution in [-0.2, 0) is 9.53 Å². The Balaban J connectivity index is 1.36. The molecule has 1 aliphatic rings. The van der Waals surface area contributed by atoms with Gasteiger partial charge >= 0.3 is 12.1 Å². The first-order valence-electron chi connectivity index (χ1n) is 10.3. The largest absolute Gasteiger partial charge is 0.478 e. The number of benzene rings is 3. The second kappa shape index (κ2) is 9.12. The zero-order valence-electron chi connectivity index (χ0n) is 17.7. The van der Waals surface area contributed by atoms with Gasteiger partial charge < -0.3 is 20.5 Å². The van der Waals surface area contributed by atoms with E-state index in [0.717, 1.165) is 34.4 Å². The molecule has 0 saturated heterocycles. The SMILES string of the molecule is C[C@H](NC(=O)OCC1c2ccccc2-c2ccccc21)C(=O)Nc1ccc(F)c(C(=O)O)c1. The lowest BCUT2D eigenvalue weighted by Gasteiger charge is -2.17. The van der Waals surface area contributed by atoms with Crippen LogP contribution in [0.1, 0.15) is 34.3 Å². The Kier molecular flexibility index (Phi) is 6.08. The Hall–Kier alpha value is -4.20. The first kappa shape index (κ1) is 22.0. The van der Waals surface area contributed by atoms with Crippen molar-refractivity contribution in [3.05, 3.63) is 89.2 Å². The molecule has 0 aromatic heterocycles. The van der Waals surface area contributed by atoms with Crippen molar-refractivity contribution in [3.63, 3.8) is 0 Å². The van der Waals surface area contributed by atoms with E-state index in [9.17, 15) is 18.8 Å². The van der Waals surface area contributed by atoms with Crippen LogP contribution in [-0.4, -0.2) is 35.7 Å². The van der Waals surface area contributed by atoms with Crippen molar-refractivity contribution in [1.82, 2.24) is 5.32 Å². The highest BCUT2D eigenvalue weighted by Crippen LogP contribution is 2.44. The number of alkyl carbamates (subject to hydrolysis) is 1. The lowest BCUT2D eigenvalue weighted by atomic mass is 9.98. The number of halogens is 1. The smallest absolute Gasteiger partial charge is 0.407 e. The van der Waals surface area contributed by atoms with Crippen LogP contribution in [0.5, 0.6) is 0 Å². The van der Waals surface area contributed by atoms with Gasteiger partial charge in [0.05, 0.1) is 5.56 Å². The minimum atomic E-state index is -1.45. The molecule has 7 nitrogen and oxygen atoms in total. The molecule has 1 aliphatic carbocycles. The van der Waals surface area contributed by atoms with Gasteiger partial charge in [-0.25, -0.2) is 14.0 Å². The molecule has 0 radical (unpaired) electrons. The van der Waals surface area contributed by atoms with Crippen LogP contribution in [0.2, 0.25) is 0 Å². The molecule has 0 unspecified atom stereocenters. The number of fused-ring (bicyclic) bond motifs is 3. The predicted molar refractivity (Wildman–Crippen MR) is 120 cm³/mol. The van der Waals surface area contributed by atoms with Crippen molar-refractivity contribution >= 4 is 23.7 Å². The number of nitrogens with one attached hydrogen (secondary N) is 2. The Labute approximate surface area is 189 Å². The van der Waals surface area contributed by atoms with Gasteiger partial charge in [0.1, 0.15) is 18.5 Å². The third kappa shape index (κ3) is 4.55. The average molecular weight is 448 g/mol. The molecule has 0 fully saturated rings. The lowest BCUT2D eigenvalue weighted by Crippen LogP contribution is -2.42. The first-order chi connectivity index (χ1) is 15.8. The van der Waals surface area contributed by atoms with Crippen molar-refractivity contribution < 1.29 is 28.6 Å². The molecule has 33 heavy (non-hydrogen) atoms. The van der Waals surface area contributed by atoms with E-state index in [1.165, 1.54) is 13.0 Å². The fourth-order valence-electron chi connectivity index (χ4n) is 3.90. The maximum Gasteiger partial charge on any atom is 0.407 e. The van der Waals surface area contributed by atoms with Crippen LogP contribution in [0.4, 0.5) is 14.9 Å². The van der Waals surface area contributed by atoms with Gasteiger partial charge in [-0.15, -0.1) is 0 Å². The van der Waals surface area contributed by atoms with Crippen molar-refractivity contribution in [3.8, 4) is 11.1 Å². The van der Waals surface area contributed by atoms with Gasteiger partial charge in [-0.05, 0) is 47.4 Å². The van der Waals surface area contributed by atoms with Crippen molar-refractivity contribution in [2.75, 3.05) is 11.9 Å². The van der Waals surface area contributed by atoms with Gasteiger partial charge in [-0.3, -0.25) is 4.79 Å². The molecule has 0 spiro atoms. The van der Waals surface area contributed by atoms with E-state index < -0.39 is 35.4 Å². The summed E-state index contributed by atoms with van der Waals surface area (Å²) in [5, 5.41) is 13.9. The van der Waals surface area contributed by atoms with Gasteiger partial charge in [0.25, 0.3) is 0 Å². The molecule has 168 valence electrons. The second-order valence-electron chi connectivity index (χ2n) is 7.68. The maximum atomic E-state index is 13.5. The highest BCUT2D eigenvalue weighted by Gasteiger charge is 2.29. The van der Waals surface area contributed by atoms with E-state index in [-0.39, 0.29) is 18.2 Å². The van der Waals surface area contributed by atoms with Crippen LogP contribution in [0, 0.1) is 5.82 Å². The number of aromatic carboxylic acids is 1. The molecular formula is C25H21FN2O5. The first-order valence-corrected chi connectivity index (χ1v) is 10.3. The Morgan fingerprint density at radius 1 is 1.00 bits per heavy atom. The Morgan fingerprint density at radius 2 is 1.61 bits per heavy atom. The number of carbonyl (C=O) groups excluding carboxylic acids is 2. The average Bonchev–Trinajstić information content (AvgIpc) is 3.12. The summed E-state index contributed by atoms with van der Waals surface area (Å²) in [6, 6.07) is 18.1. The number of carboxylic acid groups (broad SMARTS) is 1. The highest BCUT2D eigenvalue weighted by molar-refractivity contribution is 5.97. The standard InChI is InChI=1S/C25H21FN2O5/c1-14(23(29)28-15-10-11-22(26)20(12-15)24(30)31)27-25(32)33-13-21-18-8-4-2-6-16(18)17-7-3-5-9-19(17)21/h2-12,14,21H,13H2,1H3,(H,27,32)(H,28,29)(H,30,31)/t14-/m0/s1. The molecule has 3 aromatic carbocycles. The van der Waals surface area contributed by atoms with Crippen LogP contribution in [0.15, 0.2) is 66.7 Å². The summed E-state index contributed by atoms with van der Waals surface area (Å²) in [6.45, 7) is 1.56. The number of hydrogen-bond acceptors (Lipinski definition) is 4. The van der Waals surface area contributed by atoms with E-state index in [2.05, 4.69) is 10.6 Å². The zero-order valence-corrected chi connectivity index (χ0v) is 17.7. The topological polar surface area (TPSA) is 105 Å². The number of carboxylic acids is 1. The summed E-state index contributed by atoms with van der Waals surface area (Å²) in [5.41, 5.74) is 3.89. The second-order valence-corrected chi connectivity index (χ2v) is 7.68. The third-order valence-electron chi connectivity index (χ3n) is 5.54. The summed E-state index contributed by atoms with van der Waals surface area (Å²) in [5.74, 6) is -3.08. The summed E-state index contributed by atoms with van der Waals surface area (Å²) in [7, 11) is 0. The number of rotatable bonds is 6. The monoisotopic (exact) mass is 448 g/mol. The van der Waals surface area contributed by atoms with E-state index in [1.807, 2.05) is 48.5 Å². The van der Waals surface area contributed by atoms with E-state index in [0.29, 0.717) is 0 Å². The molecule has 0 aliphatic heterocycles. The zero-order chi connectivity index (χ0) is 23.5. The predicted octanol–water partition coefficient (Wildman–Crippen LogP) is 4.39. The summed E-state index contributed by atoms with van der Waals surface area (Å²) >= 11 is 0. The highest BCUT2D eigenvalue weighted by atomic mass is 19.1. The summed E-state index contributed by atoms with van der Waals surface area (Å²) in [4.78, 5) is 35.8. The number of carbonyl (C=O) groups is 3. The fraction of sp³-hybridized carbons (Fsp3) is 0.160. The van der Waals surface area contributed by atoms with Gasteiger partial charge in [-0.2, -0.15) is 0 Å². The van der Waals surface area contributed by atoms with Crippen molar-refractivity contribution in [2.24, 2.45) is 0 Å². The quantitative estimate of drug-likeness (QED) is 0.519. The lowest BCUT2D eigenvalue weighted by molar-refractivity contribution is -0.117. The molecule has 1 atom stereocenters. The minimum Gasteiger partial charge on any atom is -0.478 e. The van der Waals surface area contributed by atoms with Crippen LogP contribution >= 0.6 is 0 Å². The van der Waals surface area contributed by atoms with Crippen molar-refractivity contribution in [2.45, 2.75) is 18.9 Å². The van der Waals surface area contributed by atoms with E-state index in [1.54, 1.807) is 0 Å². The molecule has 0 saturated carbocycles. The van der Waals surface area contributed by atoms with Gasteiger partial charge in [0, 0.05) is 11.6 Å². The van der Waals surface area contributed by atoms with E-state index in [4.69, 9.17) is 9.84 Å². The minimum absolute atomic E-state index is 0.0972. The van der Waals surface area contributed by atoms with Crippen LogP contribution < -0.4 is 10.6 Å². The summed E-state index contributed by atoms with van der Waals surface area (Å²) < 4.78 is 18.9. The number of hydrogen-bond donors (Lipinski definition) is 3. The van der Waals surface area contributed by atoms with Gasteiger partial charge in [-0.1, -0.05) is 48.5 Å². The van der Waals surface area contributed by atoms with Gasteiger partial charge in [0.2, 0.25) is 5.91 Å². The molecule has 3 N–H and O–H groups in total. The molecule has 3 aromatic rings. The number of ether oxygens (including phenoxy) is 1. The van der Waals surface area contributed by atoms with Crippen LogP contribution in [0.25, 0.3) is 11.1 Å². The molecule has 2 amide bonds. The number of anilines is 1. The molecule has 4 rings (SSSR count). The molecule has 0 bridgehead atoms. The normalized spacial score (nSPS) is 12.9. The third-order valence-corrected chi connectivity index (χ3v) is 5.54. The molecule has 8 heteroatoms. The molecule has 0 heterocycles.